The summed E-state index contributed by atoms with van der Waals surface area (Å²) in [5, 5.41) is 9.33. The molecule has 0 amide bonds. The van der Waals surface area contributed by atoms with Gasteiger partial charge in [0.05, 0.1) is 16.6 Å². The third-order valence-corrected chi connectivity index (χ3v) is 3.42. The lowest BCUT2D eigenvalue weighted by molar-refractivity contribution is 0.0698. The molecular formula is C16H13FN2O2. The molecule has 21 heavy (non-hydrogen) atoms. The molecule has 1 heterocycles. The topological polar surface area (TPSA) is 55.1 Å². The number of carbonyl (C=O) groups is 1. The van der Waals surface area contributed by atoms with Gasteiger partial charge in [0, 0.05) is 6.54 Å². The van der Waals surface area contributed by atoms with Crippen LogP contribution in [-0.4, -0.2) is 20.6 Å². The van der Waals surface area contributed by atoms with E-state index in [1.807, 2.05) is 6.92 Å². The Kier molecular flexibility index (Phi) is 3.17. The first kappa shape index (κ1) is 13.3. The molecule has 3 rings (SSSR count). The van der Waals surface area contributed by atoms with E-state index in [4.69, 9.17) is 0 Å². The van der Waals surface area contributed by atoms with Gasteiger partial charge < -0.3 is 9.67 Å². The van der Waals surface area contributed by atoms with Gasteiger partial charge in [-0.15, -0.1) is 0 Å². The van der Waals surface area contributed by atoms with Crippen LogP contribution in [0.15, 0.2) is 42.5 Å². The molecule has 106 valence electrons. The summed E-state index contributed by atoms with van der Waals surface area (Å²) in [6, 6.07) is 11.3. The average molecular weight is 284 g/mol. The first-order chi connectivity index (χ1) is 10.1. The fourth-order valence-electron chi connectivity index (χ4n) is 2.49. The zero-order chi connectivity index (χ0) is 15.0. The Balaban J connectivity index is 2.18. The molecule has 1 aromatic heterocycles. The lowest BCUT2D eigenvalue weighted by atomic mass is 10.1. The van der Waals surface area contributed by atoms with Crippen molar-refractivity contribution in [3.05, 3.63) is 65.2 Å². The number of aromatic carboxylic acids is 1. The van der Waals surface area contributed by atoms with E-state index in [1.54, 1.807) is 34.9 Å². The van der Waals surface area contributed by atoms with Crippen LogP contribution in [0.1, 0.15) is 21.7 Å². The van der Waals surface area contributed by atoms with Gasteiger partial charge in [0.25, 0.3) is 0 Å². The predicted molar refractivity (Wildman–Crippen MR) is 76.9 cm³/mol. The highest BCUT2D eigenvalue weighted by Crippen LogP contribution is 2.22. The summed E-state index contributed by atoms with van der Waals surface area (Å²) in [4.78, 5) is 15.8. The van der Waals surface area contributed by atoms with Crippen molar-refractivity contribution in [1.29, 1.82) is 0 Å². The maximum atomic E-state index is 13.3. The van der Waals surface area contributed by atoms with Gasteiger partial charge in [-0.25, -0.2) is 14.2 Å². The summed E-state index contributed by atoms with van der Waals surface area (Å²) in [5.41, 5.74) is 2.15. The molecular weight excluding hydrogens is 271 g/mol. The predicted octanol–water partition coefficient (Wildman–Crippen LogP) is 3.23. The second-order valence-corrected chi connectivity index (χ2v) is 4.85. The molecule has 0 atom stereocenters. The van der Waals surface area contributed by atoms with Crippen LogP contribution in [0.2, 0.25) is 0 Å². The van der Waals surface area contributed by atoms with Crippen molar-refractivity contribution in [2.75, 3.05) is 0 Å². The zero-order valence-corrected chi connectivity index (χ0v) is 11.4. The number of aryl methyl sites for hydroxylation is 1. The van der Waals surface area contributed by atoms with Gasteiger partial charge in [-0.1, -0.05) is 18.2 Å². The SMILES string of the molecule is Cc1nc2cccc(C(=O)O)c2n1Cc1cccc(F)c1. The number of carboxylic acids is 1. The summed E-state index contributed by atoms with van der Waals surface area (Å²) in [7, 11) is 0. The Morgan fingerprint density at radius 2 is 2.05 bits per heavy atom. The second kappa shape index (κ2) is 5.01. The van der Waals surface area contributed by atoms with Gasteiger partial charge in [-0.3, -0.25) is 0 Å². The smallest absolute Gasteiger partial charge is 0.337 e. The van der Waals surface area contributed by atoms with Gasteiger partial charge in [0.1, 0.15) is 11.6 Å². The molecule has 5 heteroatoms. The van der Waals surface area contributed by atoms with Gasteiger partial charge >= 0.3 is 5.97 Å². The van der Waals surface area contributed by atoms with E-state index in [1.165, 1.54) is 12.1 Å². The number of aromatic nitrogens is 2. The monoisotopic (exact) mass is 284 g/mol. The molecule has 0 bridgehead atoms. The minimum absolute atomic E-state index is 0.199. The van der Waals surface area contributed by atoms with Crippen molar-refractivity contribution in [3.8, 4) is 0 Å². The van der Waals surface area contributed by atoms with Gasteiger partial charge in [0.15, 0.2) is 0 Å². The van der Waals surface area contributed by atoms with Crippen molar-refractivity contribution < 1.29 is 14.3 Å². The Labute approximate surface area is 120 Å². The Hall–Kier alpha value is -2.69. The molecule has 0 unspecified atom stereocenters. The van der Waals surface area contributed by atoms with E-state index in [9.17, 15) is 14.3 Å². The molecule has 0 fully saturated rings. The van der Waals surface area contributed by atoms with Gasteiger partial charge in [-0.2, -0.15) is 0 Å². The van der Waals surface area contributed by atoms with E-state index in [0.29, 0.717) is 23.4 Å². The lowest BCUT2D eigenvalue weighted by Gasteiger charge is -2.09. The van der Waals surface area contributed by atoms with Crippen LogP contribution in [0, 0.1) is 12.7 Å². The number of hydrogen-bond acceptors (Lipinski definition) is 2. The molecule has 0 aliphatic heterocycles. The number of fused-ring (bicyclic) bond motifs is 1. The van der Waals surface area contributed by atoms with E-state index in [-0.39, 0.29) is 11.4 Å². The molecule has 0 spiro atoms. The highest BCUT2D eigenvalue weighted by Gasteiger charge is 2.16. The molecule has 0 radical (unpaired) electrons. The Morgan fingerprint density at radius 1 is 1.29 bits per heavy atom. The number of imidazole rings is 1. The molecule has 0 saturated heterocycles. The van der Waals surface area contributed by atoms with Crippen LogP contribution in [-0.2, 0) is 6.54 Å². The van der Waals surface area contributed by atoms with E-state index in [2.05, 4.69) is 4.98 Å². The molecule has 3 aromatic rings. The normalized spacial score (nSPS) is 11.0. The fraction of sp³-hybridized carbons (Fsp3) is 0.125. The summed E-state index contributed by atoms with van der Waals surface area (Å²) in [6.45, 7) is 2.19. The zero-order valence-electron chi connectivity index (χ0n) is 11.4. The summed E-state index contributed by atoms with van der Waals surface area (Å²) < 4.78 is 15.1. The molecule has 4 nitrogen and oxygen atoms in total. The van der Waals surface area contributed by atoms with Crippen molar-refractivity contribution in [2.45, 2.75) is 13.5 Å². The number of halogens is 1. The maximum Gasteiger partial charge on any atom is 0.337 e. The van der Waals surface area contributed by atoms with Crippen LogP contribution >= 0.6 is 0 Å². The molecule has 0 aliphatic carbocycles. The van der Waals surface area contributed by atoms with E-state index < -0.39 is 5.97 Å². The molecule has 0 aliphatic rings. The van der Waals surface area contributed by atoms with Crippen molar-refractivity contribution in [3.63, 3.8) is 0 Å². The highest BCUT2D eigenvalue weighted by molar-refractivity contribution is 6.01. The van der Waals surface area contributed by atoms with Crippen molar-refractivity contribution in [2.24, 2.45) is 0 Å². The standard InChI is InChI=1S/C16H13FN2O2/c1-10-18-14-7-3-6-13(16(20)21)15(14)19(10)9-11-4-2-5-12(17)8-11/h2-8H,9H2,1H3,(H,20,21). The number of carboxylic acid groups (broad SMARTS) is 1. The van der Waals surface area contributed by atoms with Crippen LogP contribution in [0.5, 0.6) is 0 Å². The fourth-order valence-corrected chi connectivity index (χ4v) is 2.49. The second-order valence-electron chi connectivity index (χ2n) is 4.85. The Morgan fingerprint density at radius 3 is 2.76 bits per heavy atom. The first-order valence-electron chi connectivity index (χ1n) is 6.50. The number of para-hydroxylation sites is 1. The largest absolute Gasteiger partial charge is 0.478 e. The van der Waals surface area contributed by atoms with Gasteiger partial charge in [0.2, 0.25) is 0 Å². The maximum absolute atomic E-state index is 13.3. The lowest BCUT2D eigenvalue weighted by Crippen LogP contribution is -2.06. The minimum atomic E-state index is -0.999. The van der Waals surface area contributed by atoms with Gasteiger partial charge in [-0.05, 0) is 36.8 Å². The van der Waals surface area contributed by atoms with Crippen LogP contribution in [0.25, 0.3) is 11.0 Å². The summed E-state index contributed by atoms with van der Waals surface area (Å²) >= 11 is 0. The molecule has 0 saturated carbocycles. The number of benzene rings is 2. The summed E-state index contributed by atoms with van der Waals surface area (Å²) in [5.74, 6) is -0.614. The minimum Gasteiger partial charge on any atom is -0.478 e. The summed E-state index contributed by atoms with van der Waals surface area (Å²) in [6.07, 6.45) is 0. The van der Waals surface area contributed by atoms with Crippen molar-refractivity contribution in [1.82, 2.24) is 9.55 Å². The Bertz CT molecular complexity index is 839. The van der Waals surface area contributed by atoms with Crippen LogP contribution < -0.4 is 0 Å². The van der Waals surface area contributed by atoms with Crippen molar-refractivity contribution >= 4 is 17.0 Å². The van der Waals surface area contributed by atoms with E-state index in [0.717, 1.165) is 5.56 Å². The van der Waals surface area contributed by atoms with Crippen LogP contribution in [0.4, 0.5) is 4.39 Å². The molecule has 1 N–H and O–H groups in total. The first-order valence-corrected chi connectivity index (χ1v) is 6.50. The third kappa shape index (κ3) is 2.38. The number of hydrogen-bond donors (Lipinski definition) is 1. The number of rotatable bonds is 3. The number of nitrogens with zero attached hydrogens (tertiary/aromatic N) is 2. The third-order valence-electron chi connectivity index (χ3n) is 3.42. The quantitative estimate of drug-likeness (QED) is 0.803. The molecule has 2 aromatic carbocycles. The van der Waals surface area contributed by atoms with Crippen LogP contribution in [0.3, 0.4) is 0 Å². The average Bonchev–Trinajstić information content (AvgIpc) is 2.75. The van der Waals surface area contributed by atoms with E-state index >= 15 is 0 Å². The highest BCUT2D eigenvalue weighted by atomic mass is 19.1.